The Bertz CT molecular complexity index is 573. The monoisotopic (exact) mass is 276 g/mol. The number of aromatic nitrogens is 2. The van der Waals surface area contributed by atoms with Gasteiger partial charge in [-0.25, -0.2) is 9.97 Å². The van der Waals surface area contributed by atoms with Crippen molar-refractivity contribution in [2.75, 3.05) is 7.11 Å². The lowest BCUT2D eigenvalue weighted by Crippen LogP contribution is -1.99. The van der Waals surface area contributed by atoms with Crippen LogP contribution in [-0.2, 0) is 0 Å². The van der Waals surface area contributed by atoms with Gasteiger partial charge in [0.15, 0.2) is 5.16 Å². The SMILES string of the molecule is COc1cccc(Sc2nccc(C)n2)c1[C@H](C)O. The maximum Gasteiger partial charge on any atom is 0.192 e. The van der Waals surface area contributed by atoms with E-state index in [0.29, 0.717) is 10.9 Å². The largest absolute Gasteiger partial charge is 0.496 e. The number of benzene rings is 1. The van der Waals surface area contributed by atoms with Crippen molar-refractivity contribution < 1.29 is 9.84 Å². The lowest BCUT2D eigenvalue weighted by Gasteiger charge is -2.15. The molecule has 0 aliphatic rings. The fraction of sp³-hybridized carbons (Fsp3) is 0.286. The molecule has 0 radical (unpaired) electrons. The van der Waals surface area contributed by atoms with Crippen molar-refractivity contribution in [3.8, 4) is 5.75 Å². The van der Waals surface area contributed by atoms with Crippen molar-refractivity contribution in [3.63, 3.8) is 0 Å². The highest BCUT2D eigenvalue weighted by atomic mass is 32.2. The third-order valence-electron chi connectivity index (χ3n) is 2.64. The molecule has 1 aromatic carbocycles. The molecule has 0 unspecified atom stereocenters. The predicted octanol–water partition coefficient (Wildman–Crippen LogP) is 3.00. The Balaban J connectivity index is 2.39. The molecule has 0 bridgehead atoms. The van der Waals surface area contributed by atoms with E-state index in [4.69, 9.17) is 4.74 Å². The molecule has 19 heavy (non-hydrogen) atoms. The molecule has 1 aromatic heterocycles. The average Bonchev–Trinajstić information content (AvgIpc) is 2.38. The highest BCUT2D eigenvalue weighted by molar-refractivity contribution is 7.99. The molecule has 0 aliphatic heterocycles. The van der Waals surface area contributed by atoms with E-state index in [-0.39, 0.29) is 0 Å². The molecule has 1 atom stereocenters. The first-order chi connectivity index (χ1) is 9.11. The summed E-state index contributed by atoms with van der Waals surface area (Å²) < 4.78 is 5.29. The van der Waals surface area contributed by atoms with E-state index in [2.05, 4.69) is 9.97 Å². The second kappa shape index (κ2) is 6.04. The van der Waals surface area contributed by atoms with E-state index in [1.54, 1.807) is 20.2 Å². The molecule has 2 aromatic rings. The molecule has 0 saturated carbocycles. The summed E-state index contributed by atoms with van der Waals surface area (Å²) in [5.41, 5.74) is 1.68. The summed E-state index contributed by atoms with van der Waals surface area (Å²) >= 11 is 1.42. The molecule has 0 aliphatic carbocycles. The second-order valence-corrected chi connectivity index (χ2v) is 5.14. The highest BCUT2D eigenvalue weighted by Gasteiger charge is 2.15. The van der Waals surface area contributed by atoms with Crippen LogP contribution in [0.5, 0.6) is 5.75 Å². The van der Waals surface area contributed by atoms with E-state index < -0.39 is 6.10 Å². The first kappa shape index (κ1) is 13.8. The van der Waals surface area contributed by atoms with Crippen molar-refractivity contribution in [2.45, 2.75) is 30.0 Å². The Labute approximate surface area is 116 Å². The fourth-order valence-corrected chi connectivity index (χ4v) is 2.80. The van der Waals surface area contributed by atoms with Crippen molar-refractivity contribution in [3.05, 3.63) is 41.7 Å². The third kappa shape index (κ3) is 3.24. The predicted molar refractivity (Wildman–Crippen MR) is 74.5 cm³/mol. The number of hydrogen-bond donors (Lipinski definition) is 1. The van der Waals surface area contributed by atoms with Crippen LogP contribution in [0.3, 0.4) is 0 Å². The van der Waals surface area contributed by atoms with Gasteiger partial charge >= 0.3 is 0 Å². The summed E-state index contributed by atoms with van der Waals surface area (Å²) in [6, 6.07) is 7.51. The van der Waals surface area contributed by atoms with Crippen LogP contribution in [0.25, 0.3) is 0 Å². The second-order valence-electron chi connectivity index (χ2n) is 4.13. The van der Waals surface area contributed by atoms with Gasteiger partial charge in [-0.05, 0) is 43.8 Å². The number of aryl methyl sites for hydroxylation is 1. The van der Waals surface area contributed by atoms with Crippen LogP contribution in [0.15, 0.2) is 40.5 Å². The number of rotatable bonds is 4. The van der Waals surface area contributed by atoms with Gasteiger partial charge in [-0.2, -0.15) is 0 Å². The lowest BCUT2D eigenvalue weighted by atomic mass is 10.1. The molecule has 100 valence electrons. The molecule has 0 saturated heterocycles. The highest BCUT2D eigenvalue weighted by Crippen LogP contribution is 2.37. The first-order valence-electron chi connectivity index (χ1n) is 5.94. The van der Waals surface area contributed by atoms with Crippen LogP contribution in [0.1, 0.15) is 24.3 Å². The molecular weight excluding hydrogens is 260 g/mol. The van der Waals surface area contributed by atoms with Gasteiger partial charge < -0.3 is 9.84 Å². The van der Waals surface area contributed by atoms with E-state index in [1.807, 2.05) is 31.2 Å². The molecule has 0 fully saturated rings. The number of methoxy groups -OCH3 is 1. The smallest absolute Gasteiger partial charge is 0.192 e. The van der Waals surface area contributed by atoms with Crippen LogP contribution >= 0.6 is 11.8 Å². The Morgan fingerprint density at radius 3 is 2.74 bits per heavy atom. The molecule has 1 heterocycles. The maximum atomic E-state index is 9.91. The van der Waals surface area contributed by atoms with Gasteiger partial charge in [0.05, 0.1) is 13.2 Å². The number of hydrogen-bond acceptors (Lipinski definition) is 5. The van der Waals surface area contributed by atoms with Gasteiger partial charge in [0.25, 0.3) is 0 Å². The van der Waals surface area contributed by atoms with Crippen LogP contribution in [-0.4, -0.2) is 22.2 Å². The van der Waals surface area contributed by atoms with Crippen LogP contribution in [0.2, 0.25) is 0 Å². The van der Waals surface area contributed by atoms with Gasteiger partial charge in [-0.15, -0.1) is 0 Å². The Morgan fingerprint density at radius 2 is 2.11 bits per heavy atom. The first-order valence-corrected chi connectivity index (χ1v) is 6.76. The number of ether oxygens (including phenoxy) is 1. The Hall–Kier alpha value is -1.59. The van der Waals surface area contributed by atoms with E-state index >= 15 is 0 Å². The number of aliphatic hydroxyl groups is 1. The minimum Gasteiger partial charge on any atom is -0.496 e. The van der Waals surface area contributed by atoms with Crippen LogP contribution in [0.4, 0.5) is 0 Å². The molecule has 0 spiro atoms. The minimum absolute atomic E-state index is 0.608. The molecule has 5 heteroatoms. The average molecular weight is 276 g/mol. The van der Waals surface area contributed by atoms with Crippen molar-refractivity contribution in [1.82, 2.24) is 9.97 Å². The normalized spacial score (nSPS) is 12.2. The van der Waals surface area contributed by atoms with E-state index in [1.165, 1.54) is 11.8 Å². The topological polar surface area (TPSA) is 55.2 Å². The molecule has 0 amide bonds. The van der Waals surface area contributed by atoms with Gasteiger partial charge in [0.2, 0.25) is 0 Å². The molecule has 2 rings (SSSR count). The van der Waals surface area contributed by atoms with Gasteiger partial charge in [-0.3, -0.25) is 0 Å². The van der Waals surface area contributed by atoms with Crippen molar-refractivity contribution >= 4 is 11.8 Å². The summed E-state index contributed by atoms with van der Waals surface area (Å²) in [5.74, 6) is 0.674. The lowest BCUT2D eigenvalue weighted by molar-refractivity contribution is 0.191. The zero-order valence-electron chi connectivity index (χ0n) is 11.1. The van der Waals surface area contributed by atoms with Crippen molar-refractivity contribution in [2.24, 2.45) is 0 Å². The van der Waals surface area contributed by atoms with Gasteiger partial charge in [0, 0.05) is 22.3 Å². The summed E-state index contributed by atoms with van der Waals surface area (Å²) in [7, 11) is 1.60. The standard InChI is InChI=1S/C14H16N2O2S/c1-9-7-8-15-14(16-9)19-12-6-4-5-11(18-3)13(12)10(2)17/h4-8,10,17H,1-3H3/t10-/m0/s1. The zero-order valence-corrected chi connectivity index (χ0v) is 11.9. The number of nitrogens with zero attached hydrogens (tertiary/aromatic N) is 2. The van der Waals surface area contributed by atoms with E-state index in [0.717, 1.165) is 16.2 Å². The van der Waals surface area contributed by atoms with E-state index in [9.17, 15) is 5.11 Å². The summed E-state index contributed by atoms with van der Waals surface area (Å²) in [6.07, 6.45) is 1.12. The maximum absolute atomic E-state index is 9.91. The fourth-order valence-electron chi connectivity index (χ4n) is 1.78. The van der Waals surface area contributed by atoms with Crippen molar-refractivity contribution in [1.29, 1.82) is 0 Å². The van der Waals surface area contributed by atoms with Gasteiger partial charge in [-0.1, -0.05) is 6.07 Å². The van der Waals surface area contributed by atoms with Crippen LogP contribution < -0.4 is 4.74 Å². The van der Waals surface area contributed by atoms with Gasteiger partial charge in [0.1, 0.15) is 5.75 Å². The molecule has 1 N–H and O–H groups in total. The molecular formula is C14H16N2O2S. The minimum atomic E-state index is -0.608. The molecule has 4 nitrogen and oxygen atoms in total. The zero-order chi connectivity index (χ0) is 13.8. The summed E-state index contributed by atoms with van der Waals surface area (Å²) in [6.45, 7) is 3.64. The number of aliphatic hydroxyl groups excluding tert-OH is 1. The summed E-state index contributed by atoms with van der Waals surface area (Å²) in [5, 5.41) is 10.6. The third-order valence-corrected chi connectivity index (χ3v) is 3.59. The Morgan fingerprint density at radius 1 is 1.32 bits per heavy atom. The van der Waals surface area contributed by atoms with Crippen LogP contribution in [0, 0.1) is 6.92 Å². The quantitative estimate of drug-likeness (QED) is 0.870. The Kier molecular flexibility index (Phi) is 4.39. The summed E-state index contributed by atoms with van der Waals surface area (Å²) in [4.78, 5) is 9.48.